The molecule has 0 aliphatic heterocycles. The van der Waals surface area contributed by atoms with Crippen LogP contribution in [0.5, 0.6) is 0 Å². The number of esters is 1. The van der Waals surface area contributed by atoms with Crippen molar-refractivity contribution in [2.24, 2.45) is 0 Å². The Balaban J connectivity index is 1.35. The van der Waals surface area contributed by atoms with E-state index in [9.17, 15) is 9.59 Å². The van der Waals surface area contributed by atoms with Gasteiger partial charge in [0.25, 0.3) is 0 Å². The van der Waals surface area contributed by atoms with Crippen molar-refractivity contribution < 1.29 is 19.1 Å². The highest BCUT2D eigenvalue weighted by Gasteiger charge is 2.25. The molecule has 3 aromatic rings. The number of hydrogen-bond acceptors (Lipinski definition) is 6. The number of ether oxygens (including phenoxy) is 2. The molecule has 0 saturated carbocycles. The molecule has 0 saturated heterocycles. The van der Waals surface area contributed by atoms with Gasteiger partial charge in [-0.2, -0.15) is 4.63 Å². The molecule has 3 rings (SSSR count). The Hall–Kier alpha value is -2.78. The SMILES string of the molecule is CCCCCCCCCCCCCCOC(=O)CCOC(=O)Nc1ccc(Cl)cc1-c1nc2c(Cl)c(C(C)(C)C)[nH]n2n1. The third-order valence-corrected chi connectivity index (χ3v) is 7.84. The van der Waals surface area contributed by atoms with Gasteiger partial charge in [-0.1, -0.05) is 122 Å². The van der Waals surface area contributed by atoms with E-state index in [1.165, 1.54) is 68.8 Å². The summed E-state index contributed by atoms with van der Waals surface area (Å²) in [6.07, 6.45) is 14.3. The molecule has 238 valence electrons. The van der Waals surface area contributed by atoms with Crippen LogP contribution < -0.4 is 5.32 Å². The number of H-pyrrole nitrogens is 1. The van der Waals surface area contributed by atoms with Crippen LogP contribution >= 0.6 is 23.2 Å². The molecule has 9 nitrogen and oxygen atoms in total. The van der Waals surface area contributed by atoms with E-state index < -0.39 is 6.09 Å². The molecule has 11 heteroatoms. The van der Waals surface area contributed by atoms with Gasteiger partial charge < -0.3 is 9.47 Å². The van der Waals surface area contributed by atoms with Crippen LogP contribution in [0.15, 0.2) is 18.2 Å². The number of halogens is 2. The molecule has 2 aromatic heterocycles. The number of benzene rings is 1. The molecule has 2 N–H and O–H groups in total. The Bertz CT molecular complexity index is 1320. The van der Waals surface area contributed by atoms with Gasteiger partial charge in [-0.05, 0) is 24.6 Å². The van der Waals surface area contributed by atoms with E-state index in [-0.39, 0.29) is 24.4 Å². The first-order valence-electron chi connectivity index (χ1n) is 15.6. The maximum absolute atomic E-state index is 12.5. The number of unbranched alkanes of at least 4 members (excludes halogenated alkanes) is 11. The normalized spacial score (nSPS) is 11.7. The average molecular weight is 637 g/mol. The molecule has 0 radical (unpaired) electrons. The first-order chi connectivity index (χ1) is 20.6. The fourth-order valence-corrected chi connectivity index (χ4v) is 5.41. The average Bonchev–Trinajstić information content (AvgIpc) is 3.51. The van der Waals surface area contributed by atoms with Gasteiger partial charge in [0, 0.05) is 16.0 Å². The number of amides is 1. The van der Waals surface area contributed by atoms with Crippen LogP contribution in [0.25, 0.3) is 17.0 Å². The summed E-state index contributed by atoms with van der Waals surface area (Å²) in [6, 6.07) is 4.93. The molecule has 1 amide bonds. The zero-order chi connectivity index (χ0) is 31.2. The molecule has 0 unspecified atom stereocenters. The summed E-state index contributed by atoms with van der Waals surface area (Å²) in [5, 5.41) is 11.3. The van der Waals surface area contributed by atoms with Gasteiger partial charge >= 0.3 is 12.1 Å². The van der Waals surface area contributed by atoms with Gasteiger partial charge in [0.2, 0.25) is 0 Å². The van der Waals surface area contributed by atoms with Crippen LogP contribution in [-0.2, 0) is 19.7 Å². The Morgan fingerprint density at radius 2 is 1.53 bits per heavy atom. The number of hydrogen-bond donors (Lipinski definition) is 2. The number of carbonyl (C=O) groups is 2. The molecule has 1 aromatic carbocycles. The Kier molecular flexibility index (Phi) is 14.1. The Morgan fingerprint density at radius 3 is 2.14 bits per heavy atom. The lowest BCUT2D eigenvalue weighted by atomic mass is 9.92. The van der Waals surface area contributed by atoms with Crippen LogP contribution in [0.4, 0.5) is 10.5 Å². The smallest absolute Gasteiger partial charge is 0.411 e. The second-order valence-corrected chi connectivity index (χ2v) is 12.8. The van der Waals surface area contributed by atoms with Crippen LogP contribution in [0.1, 0.15) is 117 Å². The fourth-order valence-electron chi connectivity index (χ4n) is 4.79. The Morgan fingerprint density at radius 1 is 0.907 bits per heavy atom. The lowest BCUT2D eigenvalue weighted by molar-refractivity contribution is -0.144. The number of fused-ring (bicyclic) bond motifs is 1. The highest BCUT2D eigenvalue weighted by Crippen LogP contribution is 2.34. The van der Waals surface area contributed by atoms with Gasteiger partial charge in [0.15, 0.2) is 11.5 Å². The van der Waals surface area contributed by atoms with E-state index >= 15 is 0 Å². The van der Waals surface area contributed by atoms with Crippen molar-refractivity contribution in [3.05, 3.63) is 33.9 Å². The molecule has 0 bridgehead atoms. The summed E-state index contributed by atoms with van der Waals surface area (Å²) >= 11 is 12.8. The molecular weight excluding hydrogens is 589 g/mol. The summed E-state index contributed by atoms with van der Waals surface area (Å²) < 4.78 is 12.0. The van der Waals surface area contributed by atoms with Crippen molar-refractivity contribution in [1.82, 2.24) is 19.8 Å². The quantitative estimate of drug-likeness (QED) is 0.106. The third kappa shape index (κ3) is 11.3. The van der Waals surface area contributed by atoms with Crippen molar-refractivity contribution in [2.45, 2.75) is 117 Å². The fraction of sp³-hybridized carbons (Fsp3) is 0.625. The second kappa shape index (κ2) is 17.5. The first kappa shape index (κ1) is 34.7. The predicted molar refractivity (Wildman–Crippen MR) is 173 cm³/mol. The minimum absolute atomic E-state index is 0.0128. The van der Waals surface area contributed by atoms with Crippen LogP contribution in [0.2, 0.25) is 10.0 Å². The monoisotopic (exact) mass is 635 g/mol. The van der Waals surface area contributed by atoms with Gasteiger partial charge in [-0.25, -0.2) is 9.78 Å². The molecule has 0 aliphatic carbocycles. The maximum Gasteiger partial charge on any atom is 0.411 e. The summed E-state index contributed by atoms with van der Waals surface area (Å²) in [5.41, 5.74) is 1.97. The highest BCUT2D eigenvalue weighted by atomic mass is 35.5. The molecule has 0 fully saturated rings. The number of aromatic amines is 1. The minimum atomic E-state index is -0.713. The predicted octanol–water partition coefficient (Wildman–Crippen LogP) is 9.51. The van der Waals surface area contributed by atoms with Crippen LogP contribution in [-0.4, -0.2) is 45.1 Å². The molecule has 0 atom stereocenters. The van der Waals surface area contributed by atoms with Crippen molar-refractivity contribution in [3.63, 3.8) is 0 Å². The minimum Gasteiger partial charge on any atom is -0.466 e. The standard InChI is InChI=1S/C32H47Cl2N5O4/c1-5-6-7-8-9-10-11-12-13-14-15-16-20-42-26(40)19-21-43-31(41)35-25-18-17-23(33)22-24(25)29-36-30-27(34)28(32(2,3)4)37-39(30)38-29/h17-18,22,37H,5-16,19-21H2,1-4H3,(H,35,41). The first-order valence-corrected chi connectivity index (χ1v) is 16.4. The largest absolute Gasteiger partial charge is 0.466 e. The van der Waals surface area contributed by atoms with Crippen molar-refractivity contribution >= 4 is 46.6 Å². The number of nitrogens with one attached hydrogen (secondary N) is 2. The van der Waals surface area contributed by atoms with Crippen molar-refractivity contribution in [3.8, 4) is 11.4 Å². The van der Waals surface area contributed by atoms with Crippen molar-refractivity contribution in [1.29, 1.82) is 0 Å². The van der Waals surface area contributed by atoms with Crippen molar-refractivity contribution in [2.75, 3.05) is 18.5 Å². The summed E-state index contributed by atoms with van der Waals surface area (Å²) in [4.78, 5) is 29.1. The number of carbonyl (C=O) groups excluding carboxylic acids is 2. The molecular formula is C32H47Cl2N5O4. The third-order valence-electron chi connectivity index (χ3n) is 7.25. The second-order valence-electron chi connectivity index (χ2n) is 12.0. The van der Waals surface area contributed by atoms with Crippen LogP contribution in [0, 0.1) is 0 Å². The number of anilines is 1. The van der Waals surface area contributed by atoms with E-state index in [1.807, 2.05) is 20.8 Å². The van der Waals surface area contributed by atoms with Gasteiger partial charge in [0.1, 0.15) is 11.6 Å². The van der Waals surface area contributed by atoms with E-state index in [1.54, 1.807) is 18.2 Å². The topological polar surface area (TPSA) is 111 Å². The summed E-state index contributed by atoms with van der Waals surface area (Å²) in [6.45, 7) is 8.66. The van der Waals surface area contributed by atoms with E-state index in [0.29, 0.717) is 39.4 Å². The molecule has 0 spiro atoms. The summed E-state index contributed by atoms with van der Waals surface area (Å²) in [5.74, 6) is -0.0559. The zero-order valence-corrected chi connectivity index (χ0v) is 27.6. The highest BCUT2D eigenvalue weighted by molar-refractivity contribution is 6.34. The molecule has 2 heterocycles. The van der Waals surface area contributed by atoms with E-state index in [2.05, 4.69) is 27.4 Å². The number of aromatic nitrogens is 4. The van der Waals surface area contributed by atoms with E-state index in [0.717, 1.165) is 18.5 Å². The number of nitrogens with zero attached hydrogens (tertiary/aromatic N) is 3. The van der Waals surface area contributed by atoms with Crippen LogP contribution in [0.3, 0.4) is 0 Å². The maximum atomic E-state index is 12.5. The Labute approximate surface area is 265 Å². The van der Waals surface area contributed by atoms with Gasteiger partial charge in [0.05, 0.1) is 24.4 Å². The van der Waals surface area contributed by atoms with Gasteiger partial charge in [-0.3, -0.25) is 15.2 Å². The molecule has 0 aliphatic rings. The zero-order valence-electron chi connectivity index (χ0n) is 26.1. The van der Waals surface area contributed by atoms with E-state index in [4.69, 9.17) is 32.7 Å². The van der Waals surface area contributed by atoms with Gasteiger partial charge in [-0.15, -0.1) is 5.10 Å². The lowest BCUT2D eigenvalue weighted by Crippen LogP contribution is -2.17. The lowest BCUT2D eigenvalue weighted by Gasteiger charge is -2.16. The molecule has 43 heavy (non-hydrogen) atoms. The summed E-state index contributed by atoms with van der Waals surface area (Å²) in [7, 11) is 0. The number of rotatable bonds is 18.